The number of nitrogens with one attached hydrogen (secondary N) is 1. The van der Waals surface area contributed by atoms with E-state index >= 15 is 0 Å². The van der Waals surface area contributed by atoms with Crippen LogP contribution in [-0.2, 0) is 23.2 Å². The van der Waals surface area contributed by atoms with Crippen molar-refractivity contribution in [2.45, 2.75) is 51.0 Å². The number of carbonyl (C=O) groups excluding carboxylic acids is 1. The zero-order valence-corrected chi connectivity index (χ0v) is 16.8. The normalized spacial score (nSPS) is 22.1. The van der Waals surface area contributed by atoms with Crippen LogP contribution in [0.2, 0.25) is 0 Å². The Morgan fingerprint density at radius 1 is 1.34 bits per heavy atom. The van der Waals surface area contributed by atoms with Gasteiger partial charge in [-0.25, -0.2) is 9.97 Å². The van der Waals surface area contributed by atoms with Gasteiger partial charge in [-0.05, 0) is 38.3 Å². The third-order valence-electron chi connectivity index (χ3n) is 5.73. The Balaban J connectivity index is 1.31. The lowest BCUT2D eigenvalue weighted by Gasteiger charge is -2.36. The van der Waals surface area contributed by atoms with Crippen molar-refractivity contribution >= 4 is 16.9 Å². The quantitative estimate of drug-likeness (QED) is 0.662. The number of rotatable bonds is 6. The number of benzene rings is 1. The number of para-hydroxylation sites is 2. The number of amides is 1. The Hall–Kier alpha value is -2.71. The maximum atomic E-state index is 12.4. The van der Waals surface area contributed by atoms with Crippen molar-refractivity contribution in [3.8, 4) is 0 Å². The average Bonchev–Trinajstić information content (AvgIpc) is 3.27. The molecule has 1 aromatic carbocycles. The first kappa shape index (κ1) is 19.6. The highest BCUT2D eigenvalue weighted by Crippen LogP contribution is 2.29. The molecule has 0 saturated heterocycles. The van der Waals surface area contributed by atoms with Crippen LogP contribution in [0, 0.1) is 6.92 Å². The molecule has 0 unspecified atom stereocenters. The highest BCUT2D eigenvalue weighted by atomic mass is 16.5. The van der Waals surface area contributed by atoms with E-state index in [0.717, 1.165) is 41.9 Å². The van der Waals surface area contributed by atoms with Crippen LogP contribution in [0.15, 0.2) is 36.7 Å². The second-order valence-corrected chi connectivity index (χ2v) is 7.61. The Labute approximate surface area is 169 Å². The molecule has 29 heavy (non-hydrogen) atoms. The van der Waals surface area contributed by atoms with Crippen LogP contribution in [0.3, 0.4) is 0 Å². The van der Waals surface area contributed by atoms with Crippen LogP contribution in [0.25, 0.3) is 11.0 Å². The summed E-state index contributed by atoms with van der Waals surface area (Å²) in [7, 11) is 1.94. The van der Waals surface area contributed by atoms with E-state index in [1.165, 1.54) is 0 Å². The van der Waals surface area contributed by atoms with Crippen LogP contribution in [0.5, 0.6) is 0 Å². The summed E-state index contributed by atoms with van der Waals surface area (Å²) in [5.41, 5.74) is 1.94. The molecule has 1 aliphatic carbocycles. The molecule has 8 heteroatoms. The van der Waals surface area contributed by atoms with E-state index in [2.05, 4.69) is 15.3 Å². The molecule has 2 heterocycles. The van der Waals surface area contributed by atoms with Crippen molar-refractivity contribution in [2.24, 2.45) is 7.05 Å². The maximum absolute atomic E-state index is 12.4. The molecule has 3 aromatic rings. The summed E-state index contributed by atoms with van der Waals surface area (Å²) in [6, 6.07) is 7.51. The summed E-state index contributed by atoms with van der Waals surface area (Å²) in [5, 5.41) is 13.7. The van der Waals surface area contributed by atoms with E-state index in [1.54, 1.807) is 6.20 Å². The van der Waals surface area contributed by atoms with Gasteiger partial charge in [-0.15, -0.1) is 0 Å². The van der Waals surface area contributed by atoms with Gasteiger partial charge in [0.15, 0.2) is 0 Å². The summed E-state index contributed by atoms with van der Waals surface area (Å²) < 4.78 is 9.55. The molecule has 0 spiro atoms. The summed E-state index contributed by atoms with van der Waals surface area (Å²) in [6.45, 7) is 2.10. The van der Waals surface area contributed by atoms with Crippen molar-refractivity contribution in [1.29, 1.82) is 0 Å². The molecule has 2 aromatic heterocycles. The molecule has 1 amide bonds. The average molecular weight is 397 g/mol. The third-order valence-corrected chi connectivity index (χ3v) is 5.73. The number of aromatic nitrogens is 4. The van der Waals surface area contributed by atoms with Crippen LogP contribution < -0.4 is 5.32 Å². The summed E-state index contributed by atoms with van der Waals surface area (Å²) in [6.07, 6.45) is 5.52. The number of aryl methyl sites for hydroxylation is 2. The molecule has 2 N–H and O–H groups in total. The molecule has 1 aliphatic rings. The van der Waals surface area contributed by atoms with Crippen molar-refractivity contribution in [3.63, 3.8) is 0 Å². The summed E-state index contributed by atoms with van der Waals surface area (Å²) in [4.78, 5) is 21.2. The number of aliphatic hydroxyl groups excluding tert-OH is 1. The molecule has 4 rings (SSSR count). The van der Waals surface area contributed by atoms with Gasteiger partial charge in [0.1, 0.15) is 24.9 Å². The Bertz CT molecular complexity index is 995. The van der Waals surface area contributed by atoms with E-state index in [1.807, 2.05) is 53.6 Å². The van der Waals surface area contributed by atoms with Gasteiger partial charge in [-0.3, -0.25) is 4.79 Å². The summed E-state index contributed by atoms with van der Waals surface area (Å²) in [5.74, 6) is 1.41. The van der Waals surface area contributed by atoms with E-state index in [-0.39, 0.29) is 31.2 Å². The van der Waals surface area contributed by atoms with Gasteiger partial charge in [-0.1, -0.05) is 12.1 Å². The molecule has 0 aliphatic heterocycles. The van der Waals surface area contributed by atoms with Crippen LogP contribution in [-0.4, -0.2) is 48.9 Å². The molecule has 1 fully saturated rings. The van der Waals surface area contributed by atoms with Crippen molar-refractivity contribution in [2.75, 3.05) is 6.61 Å². The van der Waals surface area contributed by atoms with E-state index in [4.69, 9.17) is 4.74 Å². The lowest BCUT2D eigenvalue weighted by atomic mass is 9.87. The number of fused-ring (bicyclic) bond motifs is 1. The lowest BCUT2D eigenvalue weighted by molar-refractivity contribution is -0.128. The first-order chi connectivity index (χ1) is 14.0. The highest BCUT2D eigenvalue weighted by Gasteiger charge is 2.34. The van der Waals surface area contributed by atoms with Crippen LogP contribution in [0.4, 0.5) is 0 Å². The van der Waals surface area contributed by atoms with Gasteiger partial charge in [0.05, 0.1) is 29.2 Å². The van der Waals surface area contributed by atoms with Crippen LogP contribution in [0.1, 0.15) is 37.0 Å². The predicted molar refractivity (Wildman–Crippen MR) is 108 cm³/mol. The molecule has 8 nitrogen and oxygen atoms in total. The first-order valence-corrected chi connectivity index (χ1v) is 9.99. The zero-order chi connectivity index (χ0) is 20.4. The molecule has 0 radical (unpaired) electrons. The molecule has 154 valence electrons. The minimum atomic E-state index is -0.652. The largest absolute Gasteiger partial charge is 0.389 e. The predicted octanol–water partition coefficient (Wildman–Crippen LogP) is 1.87. The number of hydrogen-bond donors (Lipinski definition) is 2. The van der Waals surface area contributed by atoms with Gasteiger partial charge in [-0.2, -0.15) is 0 Å². The fraction of sp³-hybridized carbons (Fsp3) is 0.476. The summed E-state index contributed by atoms with van der Waals surface area (Å²) >= 11 is 0. The second-order valence-electron chi connectivity index (χ2n) is 7.61. The fourth-order valence-corrected chi connectivity index (χ4v) is 4.16. The number of ether oxygens (including phenoxy) is 1. The number of aliphatic hydroxyl groups is 1. The van der Waals surface area contributed by atoms with E-state index in [0.29, 0.717) is 0 Å². The van der Waals surface area contributed by atoms with Crippen molar-refractivity contribution in [1.82, 2.24) is 24.4 Å². The molecule has 3 atom stereocenters. The monoisotopic (exact) mass is 397 g/mol. The number of nitrogens with zero attached hydrogens (tertiary/aromatic N) is 4. The minimum Gasteiger partial charge on any atom is -0.389 e. The highest BCUT2D eigenvalue weighted by molar-refractivity contribution is 5.77. The maximum Gasteiger partial charge on any atom is 0.246 e. The molecular formula is C21H27N5O3. The first-order valence-electron chi connectivity index (χ1n) is 9.99. The number of hydrogen-bond acceptors (Lipinski definition) is 5. The second kappa shape index (κ2) is 8.34. The molecule has 0 bridgehead atoms. The smallest absolute Gasteiger partial charge is 0.246 e. The van der Waals surface area contributed by atoms with Gasteiger partial charge in [0.2, 0.25) is 5.91 Å². The zero-order valence-electron chi connectivity index (χ0n) is 16.8. The van der Waals surface area contributed by atoms with E-state index in [9.17, 15) is 9.90 Å². The Morgan fingerprint density at radius 3 is 2.93 bits per heavy atom. The van der Waals surface area contributed by atoms with Gasteiger partial charge in [0, 0.05) is 19.4 Å². The van der Waals surface area contributed by atoms with Crippen molar-refractivity contribution in [3.05, 3.63) is 48.3 Å². The molecular weight excluding hydrogens is 370 g/mol. The topological polar surface area (TPSA) is 94.2 Å². The Morgan fingerprint density at radius 2 is 2.17 bits per heavy atom. The van der Waals surface area contributed by atoms with E-state index < -0.39 is 6.10 Å². The SMILES string of the molecule is Cc1nccn1[C@@H]1CCC[C@@H](NC(=O)COCc2nc3ccccc3n2C)[C@H]1O. The van der Waals surface area contributed by atoms with Crippen LogP contribution >= 0.6 is 0 Å². The minimum absolute atomic E-state index is 0.0683. The van der Waals surface area contributed by atoms with Crippen molar-refractivity contribution < 1.29 is 14.6 Å². The van der Waals surface area contributed by atoms with Gasteiger partial charge in [0.25, 0.3) is 0 Å². The van der Waals surface area contributed by atoms with Gasteiger partial charge >= 0.3 is 0 Å². The lowest BCUT2D eigenvalue weighted by Crippen LogP contribution is -2.50. The number of imidazole rings is 2. The number of carbonyl (C=O) groups is 1. The standard InChI is InChI=1S/C21H27N5O3/c1-14-22-10-11-26(14)18-9-5-7-16(21(18)28)24-20(27)13-29-12-19-23-15-6-3-4-8-17(15)25(19)2/h3-4,6,8,10-11,16,18,21,28H,5,7,9,12-13H2,1-2H3,(H,24,27)/t16-,18-,21-/m1/s1. The third kappa shape index (κ3) is 4.04. The van der Waals surface area contributed by atoms with Gasteiger partial charge < -0.3 is 24.3 Å². The fourth-order valence-electron chi connectivity index (χ4n) is 4.16. The molecule has 1 saturated carbocycles. The Kier molecular flexibility index (Phi) is 5.64.